The molecular weight excluding hydrogens is 278 g/mol. The molecule has 5 nitrogen and oxygen atoms in total. The van der Waals surface area contributed by atoms with Gasteiger partial charge in [0.2, 0.25) is 5.91 Å². The van der Waals surface area contributed by atoms with Crippen LogP contribution in [-0.4, -0.2) is 43.0 Å². The van der Waals surface area contributed by atoms with E-state index < -0.39 is 6.03 Å². The maximum Gasteiger partial charge on any atom is 0.321 e. The summed E-state index contributed by atoms with van der Waals surface area (Å²) in [4.78, 5) is 25.5. The third kappa shape index (κ3) is 5.15. The summed E-state index contributed by atoms with van der Waals surface area (Å²) < 4.78 is 0. The number of hydrogen-bond acceptors (Lipinski definition) is 3. The number of nitrogens with one attached hydrogen (secondary N) is 2. The lowest BCUT2D eigenvalue weighted by Gasteiger charge is -2.15. The summed E-state index contributed by atoms with van der Waals surface area (Å²) in [5.74, 6) is 0.245. The Hall–Kier alpha value is -1.88. The first-order chi connectivity index (χ1) is 10.7. The zero-order chi connectivity index (χ0) is 15.8. The minimum Gasteiger partial charge on any atom is -0.338 e. The molecule has 1 fully saturated rings. The van der Waals surface area contributed by atoms with E-state index >= 15 is 0 Å². The van der Waals surface area contributed by atoms with Gasteiger partial charge in [-0.25, -0.2) is 4.79 Å². The van der Waals surface area contributed by atoms with Crippen molar-refractivity contribution in [3.63, 3.8) is 0 Å². The second-order valence-corrected chi connectivity index (χ2v) is 5.79. The van der Waals surface area contributed by atoms with Crippen molar-refractivity contribution in [3.05, 3.63) is 35.9 Å². The van der Waals surface area contributed by atoms with E-state index in [1.807, 2.05) is 18.2 Å². The van der Waals surface area contributed by atoms with Crippen molar-refractivity contribution >= 4 is 11.9 Å². The molecule has 1 atom stereocenters. The number of benzene rings is 1. The molecule has 1 aromatic carbocycles. The van der Waals surface area contributed by atoms with Gasteiger partial charge in [-0.05, 0) is 30.9 Å². The minimum atomic E-state index is -0.391. The summed E-state index contributed by atoms with van der Waals surface area (Å²) in [5, 5.41) is 5.07. The average Bonchev–Trinajstić information content (AvgIpc) is 2.96. The fourth-order valence-corrected chi connectivity index (χ4v) is 2.77. The summed E-state index contributed by atoms with van der Waals surface area (Å²) in [6.07, 6.45) is 3.00. The van der Waals surface area contributed by atoms with Crippen LogP contribution in [0.15, 0.2) is 30.3 Å². The van der Waals surface area contributed by atoms with Crippen molar-refractivity contribution in [3.8, 4) is 0 Å². The number of carbonyl (C=O) groups is 2. The maximum atomic E-state index is 11.9. The fraction of sp³-hybridized carbons (Fsp3) is 0.529. The minimum absolute atomic E-state index is 0.234. The van der Waals surface area contributed by atoms with Crippen molar-refractivity contribution in [2.45, 2.75) is 32.1 Å². The number of unbranched alkanes of at least 4 members (excludes halogenated alkanes) is 1. The van der Waals surface area contributed by atoms with Crippen LogP contribution in [0.2, 0.25) is 0 Å². The SMILES string of the molecule is CCCCNC(=O)NC(=O)CN1CC[C@H](c2ccccc2)C1. The topological polar surface area (TPSA) is 61.4 Å². The molecule has 0 unspecified atom stereocenters. The highest BCUT2D eigenvalue weighted by molar-refractivity contribution is 5.95. The lowest BCUT2D eigenvalue weighted by Crippen LogP contribution is -2.44. The van der Waals surface area contributed by atoms with Crippen LogP contribution < -0.4 is 10.6 Å². The molecule has 3 amide bonds. The van der Waals surface area contributed by atoms with Crippen molar-refractivity contribution in [1.29, 1.82) is 0 Å². The Morgan fingerprint density at radius 3 is 2.77 bits per heavy atom. The van der Waals surface area contributed by atoms with E-state index in [0.29, 0.717) is 12.5 Å². The number of nitrogens with zero attached hydrogens (tertiary/aromatic N) is 1. The molecule has 1 aliphatic rings. The number of likely N-dealkylation sites (tertiary alicyclic amines) is 1. The Bertz CT molecular complexity index is 490. The Morgan fingerprint density at radius 2 is 2.05 bits per heavy atom. The Labute approximate surface area is 132 Å². The van der Waals surface area contributed by atoms with Crippen LogP contribution in [0.5, 0.6) is 0 Å². The molecule has 1 aromatic rings. The predicted octanol–water partition coefficient (Wildman–Crippen LogP) is 2.10. The van der Waals surface area contributed by atoms with Crippen LogP contribution in [0.4, 0.5) is 4.79 Å². The molecule has 1 heterocycles. The second kappa shape index (κ2) is 8.54. The van der Waals surface area contributed by atoms with E-state index in [4.69, 9.17) is 0 Å². The van der Waals surface area contributed by atoms with Crippen LogP contribution in [0.3, 0.4) is 0 Å². The van der Waals surface area contributed by atoms with Gasteiger partial charge in [0, 0.05) is 13.1 Å². The molecule has 0 saturated carbocycles. The monoisotopic (exact) mass is 303 g/mol. The van der Waals surface area contributed by atoms with Gasteiger partial charge in [-0.15, -0.1) is 0 Å². The lowest BCUT2D eigenvalue weighted by atomic mass is 9.99. The fourth-order valence-electron chi connectivity index (χ4n) is 2.77. The Balaban J connectivity index is 1.71. The Kier molecular flexibility index (Phi) is 6.40. The zero-order valence-corrected chi connectivity index (χ0v) is 13.2. The smallest absolute Gasteiger partial charge is 0.321 e. The molecule has 2 rings (SSSR count). The number of carbonyl (C=O) groups excluding carboxylic acids is 2. The van der Waals surface area contributed by atoms with Crippen LogP contribution in [0.25, 0.3) is 0 Å². The largest absolute Gasteiger partial charge is 0.338 e. The van der Waals surface area contributed by atoms with Gasteiger partial charge < -0.3 is 5.32 Å². The maximum absolute atomic E-state index is 11.9. The molecule has 0 aliphatic carbocycles. The standard InChI is InChI=1S/C17H25N3O2/c1-2-3-10-18-17(22)19-16(21)13-20-11-9-15(12-20)14-7-5-4-6-8-14/h4-8,15H,2-3,9-13H2,1H3,(H2,18,19,21,22)/t15-/m0/s1. The van der Waals surface area contributed by atoms with Gasteiger partial charge in [0.15, 0.2) is 0 Å². The zero-order valence-electron chi connectivity index (χ0n) is 13.2. The van der Waals surface area contributed by atoms with Gasteiger partial charge in [-0.3, -0.25) is 15.0 Å². The molecule has 0 bridgehead atoms. The first kappa shape index (κ1) is 16.5. The van der Waals surface area contributed by atoms with Crippen molar-refractivity contribution in [1.82, 2.24) is 15.5 Å². The summed E-state index contributed by atoms with van der Waals surface area (Å²) >= 11 is 0. The van der Waals surface area contributed by atoms with E-state index in [1.165, 1.54) is 5.56 Å². The van der Waals surface area contributed by atoms with Gasteiger partial charge in [-0.2, -0.15) is 0 Å². The highest BCUT2D eigenvalue weighted by atomic mass is 16.2. The highest BCUT2D eigenvalue weighted by Gasteiger charge is 2.25. The summed E-state index contributed by atoms with van der Waals surface area (Å²) in [6.45, 7) is 4.71. The molecule has 1 aliphatic heterocycles. The van der Waals surface area contributed by atoms with Gasteiger partial charge in [0.1, 0.15) is 0 Å². The molecular formula is C17H25N3O2. The quantitative estimate of drug-likeness (QED) is 0.791. The van der Waals surface area contributed by atoms with Crippen LogP contribution in [0, 0.1) is 0 Å². The number of urea groups is 1. The van der Waals surface area contributed by atoms with Crippen molar-refractivity contribution < 1.29 is 9.59 Å². The number of rotatable bonds is 6. The van der Waals surface area contributed by atoms with Crippen LogP contribution >= 0.6 is 0 Å². The number of hydrogen-bond donors (Lipinski definition) is 2. The van der Waals surface area contributed by atoms with Crippen molar-refractivity contribution in [2.24, 2.45) is 0 Å². The number of imide groups is 1. The molecule has 0 spiro atoms. The first-order valence-corrected chi connectivity index (χ1v) is 8.04. The summed E-state index contributed by atoms with van der Waals surface area (Å²) in [5.41, 5.74) is 1.32. The average molecular weight is 303 g/mol. The van der Waals surface area contributed by atoms with Crippen LogP contribution in [-0.2, 0) is 4.79 Å². The molecule has 1 saturated heterocycles. The molecule has 5 heteroatoms. The van der Waals surface area contributed by atoms with E-state index in [1.54, 1.807) is 0 Å². The third-order valence-corrected chi connectivity index (χ3v) is 3.98. The van der Waals surface area contributed by atoms with Gasteiger partial charge in [-0.1, -0.05) is 43.7 Å². The summed E-state index contributed by atoms with van der Waals surface area (Å²) in [6, 6.07) is 9.99. The molecule has 22 heavy (non-hydrogen) atoms. The highest BCUT2D eigenvalue weighted by Crippen LogP contribution is 2.26. The summed E-state index contributed by atoms with van der Waals surface area (Å²) in [7, 11) is 0. The second-order valence-electron chi connectivity index (χ2n) is 5.79. The van der Waals surface area contributed by atoms with Crippen LogP contribution in [0.1, 0.15) is 37.7 Å². The molecule has 120 valence electrons. The van der Waals surface area contributed by atoms with E-state index in [0.717, 1.165) is 32.4 Å². The number of amides is 3. The van der Waals surface area contributed by atoms with E-state index in [2.05, 4.69) is 34.6 Å². The first-order valence-electron chi connectivity index (χ1n) is 8.04. The van der Waals surface area contributed by atoms with E-state index in [9.17, 15) is 9.59 Å². The lowest BCUT2D eigenvalue weighted by molar-refractivity contribution is -0.120. The normalized spacial score (nSPS) is 18.1. The van der Waals surface area contributed by atoms with Gasteiger partial charge in [0.05, 0.1) is 6.54 Å². The molecule has 2 N–H and O–H groups in total. The third-order valence-electron chi connectivity index (χ3n) is 3.98. The van der Waals surface area contributed by atoms with Gasteiger partial charge >= 0.3 is 6.03 Å². The molecule has 0 aromatic heterocycles. The van der Waals surface area contributed by atoms with E-state index in [-0.39, 0.29) is 12.5 Å². The predicted molar refractivity (Wildman–Crippen MR) is 86.7 cm³/mol. The van der Waals surface area contributed by atoms with Gasteiger partial charge in [0.25, 0.3) is 0 Å². The Morgan fingerprint density at radius 1 is 1.27 bits per heavy atom. The molecule has 0 radical (unpaired) electrons. The van der Waals surface area contributed by atoms with Crippen molar-refractivity contribution in [2.75, 3.05) is 26.2 Å².